The first-order valence-electron chi connectivity index (χ1n) is 5.52. The van der Waals surface area contributed by atoms with E-state index < -0.39 is 16.0 Å². The molecule has 5 nitrogen and oxygen atoms in total. The minimum atomic E-state index is -1.17. The molecule has 1 heterocycles. The Hall–Kier alpha value is -1.14. The third-order valence-electron chi connectivity index (χ3n) is 2.33. The molecule has 96 valence electrons. The second-order valence-electron chi connectivity index (χ2n) is 3.67. The average Bonchev–Trinajstić information content (AvgIpc) is 2.85. The van der Waals surface area contributed by atoms with Gasteiger partial charge in [-0.3, -0.25) is 9.00 Å². The zero-order chi connectivity index (χ0) is 12.7. The SMILES string of the molecule is CC(C(=O)NCc1ccco1)S(=O)CCCN. The van der Waals surface area contributed by atoms with E-state index >= 15 is 0 Å². The van der Waals surface area contributed by atoms with Gasteiger partial charge in [0.25, 0.3) is 0 Å². The number of amides is 1. The molecular formula is C11H18N2O3S. The predicted molar refractivity (Wildman–Crippen MR) is 66.7 cm³/mol. The van der Waals surface area contributed by atoms with Gasteiger partial charge in [-0.1, -0.05) is 0 Å². The molecule has 0 radical (unpaired) electrons. The largest absolute Gasteiger partial charge is 0.467 e. The highest BCUT2D eigenvalue weighted by Crippen LogP contribution is 2.01. The zero-order valence-electron chi connectivity index (χ0n) is 9.85. The first kappa shape index (κ1) is 13.9. The van der Waals surface area contributed by atoms with E-state index in [0.717, 1.165) is 0 Å². The van der Waals surface area contributed by atoms with Crippen molar-refractivity contribution in [3.8, 4) is 0 Å². The normalized spacial score (nSPS) is 14.2. The molecule has 0 saturated carbocycles. The Labute approximate surface area is 103 Å². The summed E-state index contributed by atoms with van der Waals surface area (Å²) in [5.74, 6) is 0.918. The average molecular weight is 258 g/mol. The standard InChI is InChI=1S/C11H18N2O3S/c1-9(17(15)7-3-5-12)11(14)13-8-10-4-2-6-16-10/h2,4,6,9H,3,5,7-8,12H2,1H3,(H,13,14). The van der Waals surface area contributed by atoms with Gasteiger partial charge in [0.05, 0.1) is 12.8 Å². The molecular weight excluding hydrogens is 240 g/mol. The maximum absolute atomic E-state index is 11.7. The predicted octanol–water partition coefficient (Wildman–Crippen LogP) is 0.382. The summed E-state index contributed by atoms with van der Waals surface area (Å²) in [4.78, 5) is 11.7. The van der Waals surface area contributed by atoms with E-state index in [1.54, 1.807) is 25.3 Å². The number of nitrogens with one attached hydrogen (secondary N) is 1. The summed E-state index contributed by atoms with van der Waals surface area (Å²) in [5.41, 5.74) is 5.33. The third-order valence-corrected chi connectivity index (χ3v) is 4.02. The van der Waals surface area contributed by atoms with E-state index in [1.165, 1.54) is 0 Å². The number of carbonyl (C=O) groups excluding carboxylic acids is 1. The summed E-state index contributed by atoms with van der Waals surface area (Å²) >= 11 is 0. The quantitative estimate of drug-likeness (QED) is 0.740. The first-order chi connectivity index (χ1) is 8.15. The fourth-order valence-corrected chi connectivity index (χ4v) is 2.38. The molecule has 2 unspecified atom stereocenters. The second-order valence-corrected chi connectivity index (χ2v) is 5.54. The van der Waals surface area contributed by atoms with Crippen LogP contribution in [0.2, 0.25) is 0 Å². The number of rotatable bonds is 7. The first-order valence-corrected chi connectivity index (χ1v) is 6.90. The molecule has 1 amide bonds. The van der Waals surface area contributed by atoms with Gasteiger partial charge in [-0.2, -0.15) is 0 Å². The summed E-state index contributed by atoms with van der Waals surface area (Å²) in [6.45, 7) is 2.47. The molecule has 0 fully saturated rings. The van der Waals surface area contributed by atoms with Crippen LogP contribution in [0.25, 0.3) is 0 Å². The van der Waals surface area contributed by atoms with Gasteiger partial charge in [0.15, 0.2) is 0 Å². The van der Waals surface area contributed by atoms with Crippen molar-refractivity contribution in [2.75, 3.05) is 12.3 Å². The van der Waals surface area contributed by atoms with Crippen molar-refractivity contribution in [2.24, 2.45) is 5.73 Å². The van der Waals surface area contributed by atoms with Gasteiger partial charge < -0.3 is 15.5 Å². The van der Waals surface area contributed by atoms with E-state index in [-0.39, 0.29) is 5.91 Å². The number of hydrogen-bond donors (Lipinski definition) is 2. The second kappa shape index (κ2) is 7.24. The summed E-state index contributed by atoms with van der Waals surface area (Å²) in [5, 5.41) is 2.17. The maximum Gasteiger partial charge on any atom is 0.235 e. The Morgan fingerprint density at radius 3 is 3.00 bits per heavy atom. The minimum Gasteiger partial charge on any atom is -0.467 e. The van der Waals surface area contributed by atoms with Crippen molar-refractivity contribution >= 4 is 16.7 Å². The Morgan fingerprint density at radius 1 is 1.65 bits per heavy atom. The van der Waals surface area contributed by atoms with E-state index in [9.17, 15) is 9.00 Å². The molecule has 0 aromatic carbocycles. The molecule has 6 heteroatoms. The third kappa shape index (κ3) is 4.70. The maximum atomic E-state index is 11.7. The van der Waals surface area contributed by atoms with Crippen molar-refractivity contribution in [3.05, 3.63) is 24.2 Å². The minimum absolute atomic E-state index is 0.225. The van der Waals surface area contributed by atoms with Crippen LogP contribution >= 0.6 is 0 Å². The molecule has 0 aliphatic carbocycles. The molecule has 0 bridgehead atoms. The van der Waals surface area contributed by atoms with Gasteiger partial charge in [0.1, 0.15) is 11.0 Å². The molecule has 1 aromatic heterocycles. The van der Waals surface area contributed by atoms with E-state index in [1.807, 2.05) is 0 Å². The molecule has 0 saturated heterocycles. The Bertz CT molecular complexity index is 365. The lowest BCUT2D eigenvalue weighted by Gasteiger charge is -2.10. The van der Waals surface area contributed by atoms with Crippen molar-refractivity contribution < 1.29 is 13.4 Å². The number of furan rings is 1. The van der Waals surface area contributed by atoms with Gasteiger partial charge in [-0.05, 0) is 32.0 Å². The lowest BCUT2D eigenvalue weighted by Crippen LogP contribution is -2.36. The van der Waals surface area contributed by atoms with Gasteiger partial charge in [0.2, 0.25) is 5.91 Å². The van der Waals surface area contributed by atoms with Crippen LogP contribution in [-0.4, -0.2) is 27.7 Å². The van der Waals surface area contributed by atoms with E-state index in [2.05, 4.69) is 5.32 Å². The van der Waals surface area contributed by atoms with Crippen LogP contribution in [0.5, 0.6) is 0 Å². The highest BCUT2D eigenvalue weighted by Gasteiger charge is 2.19. The van der Waals surface area contributed by atoms with Crippen molar-refractivity contribution in [3.63, 3.8) is 0 Å². The summed E-state index contributed by atoms with van der Waals surface area (Å²) < 4.78 is 16.8. The van der Waals surface area contributed by atoms with Crippen LogP contribution in [0.1, 0.15) is 19.1 Å². The van der Waals surface area contributed by atoms with Gasteiger partial charge in [-0.15, -0.1) is 0 Å². The fraction of sp³-hybridized carbons (Fsp3) is 0.545. The Morgan fingerprint density at radius 2 is 2.41 bits per heavy atom. The number of nitrogens with two attached hydrogens (primary N) is 1. The zero-order valence-corrected chi connectivity index (χ0v) is 10.7. The van der Waals surface area contributed by atoms with Crippen LogP contribution in [0, 0.1) is 0 Å². The van der Waals surface area contributed by atoms with Crippen LogP contribution in [0.4, 0.5) is 0 Å². The highest BCUT2D eigenvalue weighted by molar-refractivity contribution is 7.86. The molecule has 3 N–H and O–H groups in total. The van der Waals surface area contributed by atoms with Crippen LogP contribution in [0.15, 0.2) is 22.8 Å². The van der Waals surface area contributed by atoms with Crippen molar-refractivity contribution in [1.29, 1.82) is 0 Å². The highest BCUT2D eigenvalue weighted by atomic mass is 32.2. The molecule has 0 aliphatic heterocycles. The van der Waals surface area contributed by atoms with Gasteiger partial charge in [-0.25, -0.2) is 0 Å². The number of carbonyl (C=O) groups is 1. The molecule has 1 rings (SSSR count). The summed E-state index contributed by atoms with van der Waals surface area (Å²) in [6, 6.07) is 3.53. The van der Waals surface area contributed by atoms with Gasteiger partial charge >= 0.3 is 0 Å². The van der Waals surface area contributed by atoms with Crippen LogP contribution in [0.3, 0.4) is 0 Å². The Balaban J connectivity index is 2.33. The molecule has 2 atom stereocenters. The van der Waals surface area contributed by atoms with Crippen molar-refractivity contribution in [1.82, 2.24) is 5.32 Å². The van der Waals surface area contributed by atoms with Gasteiger partial charge in [0, 0.05) is 16.6 Å². The summed E-state index contributed by atoms with van der Waals surface area (Å²) in [7, 11) is -1.17. The molecule has 17 heavy (non-hydrogen) atoms. The van der Waals surface area contributed by atoms with E-state index in [0.29, 0.717) is 31.0 Å². The van der Waals surface area contributed by atoms with Crippen LogP contribution < -0.4 is 11.1 Å². The van der Waals surface area contributed by atoms with E-state index in [4.69, 9.17) is 10.2 Å². The molecule has 0 aliphatic rings. The van der Waals surface area contributed by atoms with Crippen molar-refractivity contribution in [2.45, 2.75) is 25.1 Å². The van der Waals surface area contributed by atoms with Crippen LogP contribution in [-0.2, 0) is 22.1 Å². The smallest absolute Gasteiger partial charge is 0.235 e. The Kier molecular flexibility index (Phi) is 5.93. The molecule has 1 aromatic rings. The lowest BCUT2D eigenvalue weighted by molar-refractivity contribution is -0.120. The topological polar surface area (TPSA) is 85.3 Å². The monoisotopic (exact) mass is 258 g/mol. The number of hydrogen-bond acceptors (Lipinski definition) is 4. The lowest BCUT2D eigenvalue weighted by atomic mass is 10.4. The molecule has 0 spiro atoms. The fourth-order valence-electron chi connectivity index (χ4n) is 1.25. The summed E-state index contributed by atoms with van der Waals surface area (Å²) in [6.07, 6.45) is 2.22.